The van der Waals surface area contributed by atoms with Gasteiger partial charge in [-0.25, -0.2) is 4.79 Å². The van der Waals surface area contributed by atoms with Gasteiger partial charge in [-0.3, -0.25) is 4.79 Å². The molecule has 0 bridgehead atoms. The highest BCUT2D eigenvalue weighted by atomic mass is 16.5. The predicted molar refractivity (Wildman–Crippen MR) is 70.4 cm³/mol. The summed E-state index contributed by atoms with van der Waals surface area (Å²) >= 11 is 0. The molecule has 19 heavy (non-hydrogen) atoms. The first kappa shape index (κ1) is 13.5. The molecule has 5 nitrogen and oxygen atoms in total. The van der Waals surface area contributed by atoms with Crippen molar-refractivity contribution in [2.75, 3.05) is 26.2 Å². The maximum Gasteiger partial charge on any atom is 0.397 e. The molecular weight excluding hydrogens is 244 g/mol. The van der Waals surface area contributed by atoms with E-state index < -0.39 is 11.9 Å². The number of nitrogens with one attached hydrogen (secondary N) is 1. The van der Waals surface area contributed by atoms with E-state index in [1.54, 1.807) is 11.8 Å². The number of benzene rings is 1. The van der Waals surface area contributed by atoms with Gasteiger partial charge in [-0.05, 0) is 12.5 Å². The van der Waals surface area contributed by atoms with Crippen LogP contribution in [0.25, 0.3) is 0 Å². The van der Waals surface area contributed by atoms with Gasteiger partial charge in [-0.2, -0.15) is 0 Å². The van der Waals surface area contributed by atoms with E-state index >= 15 is 0 Å². The van der Waals surface area contributed by atoms with Crippen LogP contribution in [-0.4, -0.2) is 43.0 Å². The lowest BCUT2D eigenvalue weighted by molar-refractivity contribution is -0.160. The Kier molecular flexibility index (Phi) is 4.52. The molecular formula is C14H18N2O3. The summed E-state index contributed by atoms with van der Waals surface area (Å²) in [6, 6.07) is 9.96. The normalized spacial score (nSPS) is 19.0. The van der Waals surface area contributed by atoms with Crippen molar-refractivity contribution < 1.29 is 14.3 Å². The van der Waals surface area contributed by atoms with Crippen LogP contribution in [0.2, 0.25) is 0 Å². The van der Waals surface area contributed by atoms with Crippen molar-refractivity contribution in [3.63, 3.8) is 0 Å². The van der Waals surface area contributed by atoms with Gasteiger partial charge in [0.05, 0.1) is 6.61 Å². The number of nitrogens with zero attached hydrogens (tertiary/aromatic N) is 1. The van der Waals surface area contributed by atoms with Gasteiger partial charge in [-0.15, -0.1) is 0 Å². The fourth-order valence-electron chi connectivity index (χ4n) is 2.16. The van der Waals surface area contributed by atoms with Crippen LogP contribution in [0.4, 0.5) is 0 Å². The minimum Gasteiger partial charge on any atom is -0.459 e. The van der Waals surface area contributed by atoms with Gasteiger partial charge in [0, 0.05) is 25.7 Å². The molecule has 1 heterocycles. The molecule has 1 unspecified atom stereocenters. The average molecular weight is 262 g/mol. The smallest absolute Gasteiger partial charge is 0.397 e. The van der Waals surface area contributed by atoms with Gasteiger partial charge >= 0.3 is 11.9 Å². The monoisotopic (exact) mass is 262 g/mol. The van der Waals surface area contributed by atoms with Crippen molar-refractivity contribution in [2.24, 2.45) is 0 Å². The van der Waals surface area contributed by atoms with Crippen LogP contribution >= 0.6 is 0 Å². The lowest BCUT2D eigenvalue weighted by Crippen LogP contribution is -2.50. The number of esters is 1. The van der Waals surface area contributed by atoms with Crippen LogP contribution in [0.1, 0.15) is 18.5 Å². The highest BCUT2D eigenvalue weighted by Crippen LogP contribution is 2.17. The molecule has 1 atom stereocenters. The first-order valence-electron chi connectivity index (χ1n) is 6.46. The van der Waals surface area contributed by atoms with Crippen molar-refractivity contribution in [1.29, 1.82) is 0 Å². The summed E-state index contributed by atoms with van der Waals surface area (Å²) in [5.74, 6) is -1.32. The Bertz CT molecular complexity index is 447. The molecule has 0 spiro atoms. The number of hydrogen-bond donors (Lipinski definition) is 1. The van der Waals surface area contributed by atoms with Gasteiger partial charge in [0.25, 0.3) is 0 Å². The molecule has 1 aromatic carbocycles. The second-order valence-electron chi connectivity index (χ2n) is 4.39. The second-order valence-corrected chi connectivity index (χ2v) is 4.39. The first-order chi connectivity index (χ1) is 9.22. The standard InChI is InChI=1S/C14H18N2O3/c1-2-19-14(18)13(17)16-9-8-15-12(10-16)11-6-4-3-5-7-11/h3-7,12,15H,2,8-10H2,1H3. The summed E-state index contributed by atoms with van der Waals surface area (Å²) < 4.78 is 4.75. The zero-order valence-corrected chi connectivity index (χ0v) is 11.0. The Labute approximate surface area is 112 Å². The van der Waals surface area contributed by atoms with E-state index in [0.29, 0.717) is 19.6 Å². The molecule has 0 aliphatic carbocycles. The lowest BCUT2D eigenvalue weighted by Gasteiger charge is -2.33. The van der Waals surface area contributed by atoms with Crippen LogP contribution in [0.3, 0.4) is 0 Å². The van der Waals surface area contributed by atoms with Crippen LogP contribution in [0.15, 0.2) is 30.3 Å². The van der Waals surface area contributed by atoms with E-state index in [0.717, 1.165) is 5.56 Å². The molecule has 0 radical (unpaired) electrons. The summed E-state index contributed by atoms with van der Waals surface area (Å²) in [5, 5.41) is 3.35. The van der Waals surface area contributed by atoms with E-state index in [4.69, 9.17) is 4.74 Å². The predicted octanol–water partition coefficient (Wildman–Crippen LogP) is 0.723. The molecule has 1 amide bonds. The van der Waals surface area contributed by atoms with Crippen LogP contribution in [0, 0.1) is 0 Å². The van der Waals surface area contributed by atoms with Crippen molar-refractivity contribution in [2.45, 2.75) is 13.0 Å². The quantitative estimate of drug-likeness (QED) is 0.630. The third kappa shape index (κ3) is 3.32. The number of rotatable bonds is 2. The molecule has 1 saturated heterocycles. The molecule has 1 fully saturated rings. The Morgan fingerprint density at radius 1 is 1.37 bits per heavy atom. The Morgan fingerprint density at radius 2 is 2.11 bits per heavy atom. The summed E-state index contributed by atoms with van der Waals surface area (Å²) in [7, 11) is 0. The third-order valence-electron chi connectivity index (χ3n) is 3.11. The molecule has 1 aromatic rings. The van der Waals surface area contributed by atoms with Gasteiger partial charge in [0.2, 0.25) is 0 Å². The van der Waals surface area contributed by atoms with E-state index in [-0.39, 0.29) is 12.6 Å². The Morgan fingerprint density at radius 3 is 2.79 bits per heavy atom. The maximum atomic E-state index is 11.9. The molecule has 1 aliphatic heterocycles. The molecule has 1 aliphatic rings. The fourth-order valence-corrected chi connectivity index (χ4v) is 2.16. The molecule has 2 rings (SSSR count). The molecule has 102 valence electrons. The SMILES string of the molecule is CCOC(=O)C(=O)N1CCNC(c2ccccc2)C1. The lowest BCUT2D eigenvalue weighted by atomic mass is 10.0. The minimum absolute atomic E-state index is 0.0633. The zero-order chi connectivity index (χ0) is 13.7. The Hall–Kier alpha value is -1.88. The van der Waals surface area contributed by atoms with Gasteiger partial charge in [0.1, 0.15) is 0 Å². The topological polar surface area (TPSA) is 58.6 Å². The summed E-state index contributed by atoms with van der Waals surface area (Å²) in [6.07, 6.45) is 0. The van der Waals surface area contributed by atoms with Crippen LogP contribution < -0.4 is 5.32 Å². The Balaban J connectivity index is 2.01. The number of hydrogen-bond acceptors (Lipinski definition) is 4. The number of carbonyl (C=O) groups excluding carboxylic acids is 2. The van der Waals surface area contributed by atoms with Gasteiger partial charge in [0.15, 0.2) is 0 Å². The van der Waals surface area contributed by atoms with Crippen molar-refractivity contribution >= 4 is 11.9 Å². The summed E-state index contributed by atoms with van der Waals surface area (Å²) in [4.78, 5) is 24.9. The number of carbonyl (C=O) groups is 2. The third-order valence-corrected chi connectivity index (χ3v) is 3.11. The average Bonchev–Trinajstić information content (AvgIpc) is 2.48. The van der Waals surface area contributed by atoms with E-state index in [2.05, 4.69) is 5.32 Å². The number of amides is 1. The number of piperazine rings is 1. The van der Waals surface area contributed by atoms with Gasteiger partial charge < -0.3 is 15.0 Å². The summed E-state index contributed by atoms with van der Waals surface area (Å²) in [5.41, 5.74) is 1.11. The fraction of sp³-hybridized carbons (Fsp3) is 0.429. The van der Waals surface area contributed by atoms with E-state index in [9.17, 15) is 9.59 Å². The van der Waals surface area contributed by atoms with Crippen LogP contribution in [-0.2, 0) is 14.3 Å². The largest absolute Gasteiger partial charge is 0.459 e. The molecule has 0 saturated carbocycles. The molecule has 5 heteroatoms. The minimum atomic E-state index is -0.767. The molecule has 0 aromatic heterocycles. The highest BCUT2D eigenvalue weighted by Gasteiger charge is 2.28. The van der Waals surface area contributed by atoms with Crippen molar-refractivity contribution in [3.05, 3.63) is 35.9 Å². The molecule has 1 N–H and O–H groups in total. The van der Waals surface area contributed by atoms with Crippen molar-refractivity contribution in [1.82, 2.24) is 10.2 Å². The van der Waals surface area contributed by atoms with E-state index in [1.807, 2.05) is 30.3 Å². The maximum absolute atomic E-state index is 11.9. The van der Waals surface area contributed by atoms with Crippen LogP contribution in [0.5, 0.6) is 0 Å². The summed E-state index contributed by atoms with van der Waals surface area (Å²) in [6.45, 7) is 3.60. The van der Waals surface area contributed by atoms with Crippen molar-refractivity contribution in [3.8, 4) is 0 Å². The zero-order valence-electron chi connectivity index (χ0n) is 11.0. The van der Waals surface area contributed by atoms with Gasteiger partial charge in [-0.1, -0.05) is 30.3 Å². The number of ether oxygens (including phenoxy) is 1. The first-order valence-corrected chi connectivity index (χ1v) is 6.46. The highest BCUT2D eigenvalue weighted by molar-refractivity contribution is 6.32. The van der Waals surface area contributed by atoms with E-state index in [1.165, 1.54) is 0 Å². The second kappa shape index (κ2) is 6.33.